The van der Waals surface area contributed by atoms with Gasteiger partial charge in [-0.3, -0.25) is 9.69 Å². The molecule has 0 atom stereocenters. The first kappa shape index (κ1) is 16.5. The van der Waals surface area contributed by atoms with Crippen LogP contribution in [-0.2, 0) is 12.7 Å². The summed E-state index contributed by atoms with van der Waals surface area (Å²) in [7, 11) is 0. The number of hydrogen-bond donors (Lipinski definition) is 0. The van der Waals surface area contributed by atoms with E-state index in [4.69, 9.17) is 0 Å². The van der Waals surface area contributed by atoms with E-state index in [-0.39, 0.29) is 11.3 Å². The third-order valence-corrected chi connectivity index (χ3v) is 3.99. The summed E-state index contributed by atoms with van der Waals surface area (Å²) in [6.07, 6.45) is -0.168. The Hall–Kier alpha value is -2.40. The van der Waals surface area contributed by atoms with Gasteiger partial charge in [0.1, 0.15) is 0 Å². The van der Waals surface area contributed by atoms with Crippen LogP contribution in [0.4, 0.5) is 13.2 Å². The van der Waals surface area contributed by atoms with E-state index >= 15 is 0 Å². The van der Waals surface area contributed by atoms with E-state index in [0.717, 1.165) is 37.3 Å². The van der Waals surface area contributed by atoms with Crippen molar-refractivity contribution in [3.63, 3.8) is 0 Å². The summed E-state index contributed by atoms with van der Waals surface area (Å²) in [4.78, 5) is 14.6. The lowest BCUT2D eigenvalue weighted by Gasteiger charge is -2.14. The molecule has 0 saturated heterocycles. The molecule has 2 nitrogen and oxygen atoms in total. The maximum Gasteiger partial charge on any atom is 0.416 e. The van der Waals surface area contributed by atoms with Crippen LogP contribution < -0.4 is 0 Å². The zero-order valence-electron chi connectivity index (χ0n) is 12.9. The first-order valence-electron chi connectivity index (χ1n) is 7.62. The summed E-state index contributed by atoms with van der Waals surface area (Å²) in [5.74, 6) is -0.280. The normalized spacial score (nSPS) is 15.0. The maximum atomic E-state index is 12.6. The predicted octanol–water partition coefficient (Wildman–Crippen LogP) is 4.31. The fourth-order valence-corrected chi connectivity index (χ4v) is 2.65. The van der Waals surface area contributed by atoms with E-state index in [1.807, 2.05) is 12.1 Å². The van der Waals surface area contributed by atoms with E-state index < -0.39 is 11.7 Å². The minimum Gasteiger partial charge on any atom is -0.292 e. The molecule has 2 aromatic rings. The van der Waals surface area contributed by atoms with Crippen LogP contribution in [0.15, 0.2) is 60.7 Å². The highest BCUT2D eigenvalue weighted by Gasteiger charge is 2.30. The molecule has 1 aliphatic heterocycles. The van der Waals surface area contributed by atoms with Crippen molar-refractivity contribution in [3.05, 3.63) is 82.9 Å². The quantitative estimate of drug-likeness (QED) is 0.615. The molecular formula is C19H16F3NO. The van der Waals surface area contributed by atoms with Crippen LogP contribution in [0.25, 0.3) is 0 Å². The van der Waals surface area contributed by atoms with Crippen LogP contribution in [0.5, 0.6) is 0 Å². The molecule has 1 aliphatic rings. The second-order valence-corrected chi connectivity index (χ2v) is 5.77. The van der Waals surface area contributed by atoms with E-state index in [2.05, 4.69) is 17.1 Å². The van der Waals surface area contributed by atoms with E-state index in [1.165, 1.54) is 12.1 Å². The summed E-state index contributed by atoms with van der Waals surface area (Å²) < 4.78 is 37.7. The topological polar surface area (TPSA) is 20.3 Å². The van der Waals surface area contributed by atoms with Gasteiger partial charge in [0.05, 0.1) is 5.56 Å². The molecule has 3 rings (SSSR count). The fraction of sp³-hybridized carbons (Fsp3) is 0.211. The van der Waals surface area contributed by atoms with Gasteiger partial charge in [-0.05, 0) is 17.7 Å². The van der Waals surface area contributed by atoms with Crippen molar-refractivity contribution in [3.8, 4) is 0 Å². The first-order chi connectivity index (χ1) is 11.4. The SMILES string of the molecule is O=C(c1ccc(CN2CC=CC2)cc1)c1ccc(C(F)(F)F)cc1. The van der Waals surface area contributed by atoms with Crippen LogP contribution in [0, 0.1) is 0 Å². The molecule has 1 heterocycles. The number of alkyl halides is 3. The van der Waals surface area contributed by atoms with Crippen LogP contribution in [0.2, 0.25) is 0 Å². The Morgan fingerprint density at radius 1 is 0.875 bits per heavy atom. The number of carbonyl (C=O) groups excluding carboxylic acids is 1. The van der Waals surface area contributed by atoms with Gasteiger partial charge < -0.3 is 0 Å². The van der Waals surface area contributed by atoms with Gasteiger partial charge in [-0.1, -0.05) is 48.6 Å². The molecule has 0 unspecified atom stereocenters. The number of benzene rings is 2. The highest BCUT2D eigenvalue weighted by molar-refractivity contribution is 6.09. The summed E-state index contributed by atoms with van der Waals surface area (Å²) in [6, 6.07) is 11.5. The number of ketones is 1. The molecule has 0 N–H and O–H groups in total. The van der Waals surface area contributed by atoms with E-state index in [0.29, 0.717) is 5.56 Å². The Kier molecular flexibility index (Phi) is 4.53. The molecule has 0 spiro atoms. The average molecular weight is 331 g/mol. The Labute approximate surface area is 138 Å². The van der Waals surface area contributed by atoms with Gasteiger partial charge in [-0.15, -0.1) is 0 Å². The second kappa shape index (κ2) is 6.61. The standard InChI is InChI=1S/C19H16F3NO/c20-19(21,22)17-9-7-16(8-10-17)18(24)15-5-3-14(4-6-15)13-23-11-1-2-12-23/h1-10H,11-13H2. The molecule has 24 heavy (non-hydrogen) atoms. The van der Waals surface area contributed by atoms with Crippen molar-refractivity contribution in [2.24, 2.45) is 0 Å². The Morgan fingerprint density at radius 3 is 1.88 bits per heavy atom. The van der Waals surface area contributed by atoms with Gasteiger partial charge in [-0.2, -0.15) is 13.2 Å². The highest BCUT2D eigenvalue weighted by atomic mass is 19.4. The maximum absolute atomic E-state index is 12.6. The lowest BCUT2D eigenvalue weighted by atomic mass is 10.0. The van der Waals surface area contributed by atoms with Crippen LogP contribution in [0.3, 0.4) is 0 Å². The smallest absolute Gasteiger partial charge is 0.292 e. The predicted molar refractivity (Wildman–Crippen MR) is 85.7 cm³/mol. The summed E-state index contributed by atoms with van der Waals surface area (Å²) in [6.45, 7) is 2.65. The van der Waals surface area contributed by atoms with Gasteiger partial charge in [0.15, 0.2) is 5.78 Å². The molecule has 0 amide bonds. The van der Waals surface area contributed by atoms with Gasteiger partial charge in [0, 0.05) is 30.8 Å². The fourth-order valence-electron chi connectivity index (χ4n) is 2.65. The average Bonchev–Trinajstić information content (AvgIpc) is 3.07. The van der Waals surface area contributed by atoms with Gasteiger partial charge in [0.25, 0.3) is 0 Å². The molecule has 0 saturated carbocycles. The largest absolute Gasteiger partial charge is 0.416 e. The lowest BCUT2D eigenvalue weighted by molar-refractivity contribution is -0.137. The summed E-state index contributed by atoms with van der Waals surface area (Å²) in [5, 5.41) is 0. The van der Waals surface area contributed by atoms with Crippen molar-refractivity contribution < 1.29 is 18.0 Å². The summed E-state index contributed by atoms with van der Waals surface area (Å²) in [5.41, 5.74) is 1.06. The van der Waals surface area contributed by atoms with Crippen molar-refractivity contribution in [1.29, 1.82) is 0 Å². The zero-order chi connectivity index (χ0) is 17.2. The number of rotatable bonds is 4. The van der Waals surface area contributed by atoms with E-state index in [9.17, 15) is 18.0 Å². The Balaban J connectivity index is 1.70. The van der Waals surface area contributed by atoms with Crippen molar-refractivity contribution >= 4 is 5.78 Å². The highest BCUT2D eigenvalue weighted by Crippen LogP contribution is 2.29. The second-order valence-electron chi connectivity index (χ2n) is 5.77. The molecular weight excluding hydrogens is 315 g/mol. The van der Waals surface area contributed by atoms with Crippen molar-refractivity contribution in [1.82, 2.24) is 4.90 Å². The van der Waals surface area contributed by atoms with Gasteiger partial charge in [-0.25, -0.2) is 0 Å². The van der Waals surface area contributed by atoms with Crippen LogP contribution in [-0.4, -0.2) is 23.8 Å². The monoisotopic (exact) mass is 331 g/mol. The van der Waals surface area contributed by atoms with Crippen molar-refractivity contribution in [2.45, 2.75) is 12.7 Å². The minimum atomic E-state index is -4.40. The zero-order valence-corrected chi connectivity index (χ0v) is 12.9. The minimum absolute atomic E-state index is 0.250. The lowest BCUT2D eigenvalue weighted by Crippen LogP contribution is -2.19. The summed E-state index contributed by atoms with van der Waals surface area (Å²) >= 11 is 0. The van der Waals surface area contributed by atoms with Crippen LogP contribution in [0.1, 0.15) is 27.0 Å². The Bertz CT molecular complexity index is 738. The molecule has 124 valence electrons. The molecule has 0 aromatic heterocycles. The number of halogens is 3. The third-order valence-electron chi connectivity index (χ3n) is 3.99. The molecule has 0 fully saturated rings. The van der Waals surface area contributed by atoms with Crippen LogP contribution >= 0.6 is 0 Å². The molecule has 0 bridgehead atoms. The first-order valence-corrected chi connectivity index (χ1v) is 7.62. The molecule has 0 aliphatic carbocycles. The number of hydrogen-bond acceptors (Lipinski definition) is 2. The van der Waals surface area contributed by atoms with Crippen molar-refractivity contribution in [2.75, 3.05) is 13.1 Å². The number of nitrogens with zero attached hydrogens (tertiary/aromatic N) is 1. The molecule has 5 heteroatoms. The van der Waals surface area contributed by atoms with Gasteiger partial charge >= 0.3 is 6.18 Å². The van der Waals surface area contributed by atoms with E-state index in [1.54, 1.807) is 12.1 Å². The third kappa shape index (κ3) is 3.74. The number of carbonyl (C=O) groups is 1. The molecule has 2 aromatic carbocycles. The molecule has 0 radical (unpaired) electrons. The van der Waals surface area contributed by atoms with Gasteiger partial charge in [0.2, 0.25) is 0 Å². The Morgan fingerprint density at radius 2 is 1.38 bits per heavy atom.